The summed E-state index contributed by atoms with van der Waals surface area (Å²) >= 11 is 0. The number of rotatable bonds is 5. The summed E-state index contributed by atoms with van der Waals surface area (Å²) in [5, 5.41) is 13.4. The second-order valence-corrected chi connectivity index (χ2v) is 11.0. The number of nitrogens with zero attached hydrogens (tertiary/aromatic N) is 6. The summed E-state index contributed by atoms with van der Waals surface area (Å²) in [5.41, 5.74) is 0.826. The number of hydrogen-bond donors (Lipinski definition) is 0. The topological polar surface area (TPSA) is 83.7 Å². The minimum absolute atomic E-state index is 0.356. The fourth-order valence-electron chi connectivity index (χ4n) is 4.48. The Balaban J connectivity index is 1.19. The second kappa shape index (κ2) is 6.95. The van der Waals surface area contributed by atoms with Crippen LogP contribution in [0.2, 0.25) is 0 Å². The van der Waals surface area contributed by atoms with Crippen LogP contribution in [0.3, 0.4) is 0 Å². The Morgan fingerprint density at radius 3 is 2.54 bits per heavy atom. The number of fused-ring (bicyclic) bond motifs is 1. The van der Waals surface area contributed by atoms with Gasteiger partial charge in [-0.25, -0.2) is 8.42 Å². The Bertz CT molecular complexity index is 950. The van der Waals surface area contributed by atoms with Gasteiger partial charge in [0, 0.05) is 31.6 Å². The maximum absolute atomic E-state index is 11.6. The Kier molecular flexibility index (Phi) is 4.54. The molecule has 8 nitrogen and oxygen atoms in total. The third-order valence-electron chi connectivity index (χ3n) is 6.77. The number of anilines is 1. The summed E-state index contributed by atoms with van der Waals surface area (Å²) in [6.45, 7) is 2.90. The van der Waals surface area contributed by atoms with E-state index in [1.54, 1.807) is 0 Å². The van der Waals surface area contributed by atoms with Gasteiger partial charge in [-0.3, -0.25) is 4.90 Å². The van der Waals surface area contributed by atoms with Crippen LogP contribution in [0.4, 0.5) is 5.82 Å². The van der Waals surface area contributed by atoms with Gasteiger partial charge in [0.05, 0.1) is 11.5 Å². The quantitative estimate of drug-likeness (QED) is 0.743. The molecule has 5 rings (SSSR count). The zero-order chi connectivity index (χ0) is 19.3. The van der Waals surface area contributed by atoms with Gasteiger partial charge in [-0.1, -0.05) is 6.42 Å². The molecule has 4 heterocycles. The van der Waals surface area contributed by atoms with Gasteiger partial charge < -0.3 is 4.90 Å². The average Bonchev–Trinajstić information content (AvgIpc) is 2.97. The lowest BCUT2D eigenvalue weighted by atomic mass is 9.85. The molecule has 0 spiro atoms. The van der Waals surface area contributed by atoms with E-state index < -0.39 is 9.84 Å². The minimum atomic E-state index is -2.78. The van der Waals surface area contributed by atoms with Gasteiger partial charge in [-0.15, -0.1) is 15.3 Å². The highest BCUT2D eigenvalue weighted by Crippen LogP contribution is 2.35. The molecule has 0 bridgehead atoms. The molecule has 3 aliphatic rings. The molecule has 2 saturated heterocycles. The highest BCUT2D eigenvalue weighted by molar-refractivity contribution is 7.91. The fraction of sp³-hybridized carbons (Fsp3) is 0.737. The van der Waals surface area contributed by atoms with Gasteiger partial charge in [0.25, 0.3) is 0 Å². The molecular formula is C19H28N6O2S. The first kappa shape index (κ1) is 18.3. The zero-order valence-corrected chi connectivity index (χ0v) is 17.2. The standard InChI is InChI=1S/C19H28N6O2S/c1-23(11-14-7-9-28(26,27)10-8-14)16-12-24(13-16)18-6-5-17-20-21-19(25(17)22-18)15-3-2-4-15/h5-6,14-16H,2-4,7-13H2,1H3. The van der Waals surface area contributed by atoms with Gasteiger partial charge in [0.2, 0.25) is 0 Å². The molecule has 28 heavy (non-hydrogen) atoms. The molecule has 2 aliphatic heterocycles. The third-order valence-corrected chi connectivity index (χ3v) is 8.49. The van der Waals surface area contributed by atoms with E-state index in [0.717, 1.165) is 49.8 Å². The molecule has 1 saturated carbocycles. The second-order valence-electron chi connectivity index (χ2n) is 8.74. The third kappa shape index (κ3) is 3.39. The normalized spacial score (nSPS) is 23.9. The van der Waals surface area contributed by atoms with Gasteiger partial charge in [0.1, 0.15) is 15.7 Å². The molecule has 2 aromatic heterocycles. The van der Waals surface area contributed by atoms with Crippen molar-refractivity contribution in [1.82, 2.24) is 24.7 Å². The molecule has 9 heteroatoms. The lowest BCUT2D eigenvalue weighted by molar-refractivity contribution is 0.171. The van der Waals surface area contributed by atoms with Crippen LogP contribution in [0.25, 0.3) is 5.65 Å². The predicted octanol–water partition coefficient (Wildman–Crippen LogP) is 1.34. The largest absolute Gasteiger partial charge is 0.352 e. The van der Waals surface area contributed by atoms with Crippen LogP contribution in [0.1, 0.15) is 43.8 Å². The number of likely N-dealkylation sites (N-methyl/N-ethyl adjacent to an activating group) is 1. The van der Waals surface area contributed by atoms with Crippen LogP contribution in [0, 0.1) is 5.92 Å². The lowest BCUT2D eigenvalue weighted by Crippen LogP contribution is -2.59. The van der Waals surface area contributed by atoms with Crippen LogP contribution in [-0.2, 0) is 9.84 Å². The van der Waals surface area contributed by atoms with Crippen LogP contribution in [0.5, 0.6) is 0 Å². The van der Waals surface area contributed by atoms with Gasteiger partial charge in [-0.2, -0.15) is 4.52 Å². The first-order chi connectivity index (χ1) is 13.5. The monoisotopic (exact) mass is 404 g/mol. The van der Waals surface area contributed by atoms with E-state index in [-0.39, 0.29) is 0 Å². The summed E-state index contributed by atoms with van der Waals surface area (Å²) in [5.74, 6) is 3.71. The first-order valence-corrected chi connectivity index (χ1v) is 12.2. The molecule has 0 atom stereocenters. The van der Waals surface area contributed by atoms with E-state index in [2.05, 4.69) is 27.0 Å². The molecule has 0 aromatic carbocycles. The van der Waals surface area contributed by atoms with Crippen LogP contribution >= 0.6 is 0 Å². The summed E-state index contributed by atoms with van der Waals surface area (Å²) in [6, 6.07) is 4.55. The first-order valence-electron chi connectivity index (χ1n) is 10.4. The molecule has 0 radical (unpaired) electrons. The Morgan fingerprint density at radius 1 is 1.11 bits per heavy atom. The highest BCUT2D eigenvalue weighted by atomic mass is 32.2. The molecule has 3 fully saturated rings. The highest BCUT2D eigenvalue weighted by Gasteiger charge is 2.34. The van der Waals surface area contributed by atoms with Crippen molar-refractivity contribution >= 4 is 21.3 Å². The number of sulfone groups is 1. The Morgan fingerprint density at radius 2 is 1.86 bits per heavy atom. The molecule has 0 unspecified atom stereocenters. The van der Waals surface area contributed by atoms with Crippen LogP contribution < -0.4 is 4.90 Å². The summed E-state index contributed by atoms with van der Waals surface area (Å²) in [4.78, 5) is 4.70. The SMILES string of the molecule is CN(CC1CCS(=O)(=O)CC1)C1CN(c2ccc3nnc(C4CCC4)n3n2)C1. The van der Waals surface area contributed by atoms with E-state index in [1.807, 2.05) is 16.6 Å². The van der Waals surface area contributed by atoms with Crippen molar-refractivity contribution in [1.29, 1.82) is 0 Å². The van der Waals surface area contributed by atoms with Crippen molar-refractivity contribution in [2.24, 2.45) is 5.92 Å². The number of aromatic nitrogens is 4. The van der Waals surface area contributed by atoms with Gasteiger partial charge >= 0.3 is 0 Å². The van der Waals surface area contributed by atoms with E-state index in [9.17, 15) is 8.42 Å². The molecular weight excluding hydrogens is 376 g/mol. The molecule has 152 valence electrons. The summed E-state index contributed by atoms with van der Waals surface area (Å²) < 4.78 is 25.1. The summed E-state index contributed by atoms with van der Waals surface area (Å²) in [7, 11) is -0.614. The molecule has 1 aliphatic carbocycles. The van der Waals surface area contributed by atoms with E-state index in [0.29, 0.717) is 29.4 Å². The maximum atomic E-state index is 11.6. The molecule has 0 N–H and O–H groups in total. The predicted molar refractivity (Wildman–Crippen MR) is 107 cm³/mol. The van der Waals surface area contributed by atoms with Gasteiger partial charge in [0.15, 0.2) is 11.5 Å². The van der Waals surface area contributed by atoms with E-state index >= 15 is 0 Å². The Hall–Kier alpha value is -1.74. The lowest BCUT2D eigenvalue weighted by Gasteiger charge is -2.45. The van der Waals surface area contributed by atoms with Crippen molar-refractivity contribution in [3.05, 3.63) is 18.0 Å². The number of hydrogen-bond acceptors (Lipinski definition) is 7. The van der Waals surface area contributed by atoms with E-state index in [4.69, 9.17) is 5.10 Å². The van der Waals surface area contributed by atoms with Crippen molar-refractivity contribution in [2.45, 2.75) is 44.1 Å². The summed E-state index contributed by atoms with van der Waals surface area (Å²) in [6.07, 6.45) is 5.25. The minimum Gasteiger partial charge on any atom is -0.352 e. The van der Waals surface area contributed by atoms with Crippen LogP contribution in [-0.4, -0.2) is 77.4 Å². The smallest absolute Gasteiger partial charge is 0.178 e. The Labute approximate surface area is 165 Å². The molecule has 0 amide bonds. The van der Waals surface area contributed by atoms with Gasteiger partial charge in [-0.05, 0) is 50.8 Å². The molecule has 2 aromatic rings. The van der Waals surface area contributed by atoms with Crippen LogP contribution in [0.15, 0.2) is 12.1 Å². The van der Waals surface area contributed by atoms with Crippen molar-refractivity contribution < 1.29 is 8.42 Å². The average molecular weight is 405 g/mol. The van der Waals surface area contributed by atoms with Crippen molar-refractivity contribution in [2.75, 3.05) is 43.1 Å². The van der Waals surface area contributed by atoms with Crippen molar-refractivity contribution in [3.63, 3.8) is 0 Å². The zero-order valence-electron chi connectivity index (χ0n) is 16.4. The van der Waals surface area contributed by atoms with E-state index in [1.165, 1.54) is 19.3 Å². The fourth-order valence-corrected chi connectivity index (χ4v) is 6.07. The van der Waals surface area contributed by atoms with Crippen molar-refractivity contribution in [3.8, 4) is 0 Å². The maximum Gasteiger partial charge on any atom is 0.178 e.